The first-order valence-electron chi connectivity index (χ1n) is 7.78. The minimum Gasteiger partial charge on any atom is -0.491 e. The summed E-state index contributed by atoms with van der Waals surface area (Å²) < 4.78 is 5.70. The molecule has 0 N–H and O–H groups in total. The Morgan fingerprint density at radius 1 is 0.957 bits per heavy atom. The van der Waals surface area contributed by atoms with Gasteiger partial charge in [0.2, 0.25) is 0 Å². The lowest BCUT2D eigenvalue weighted by Crippen LogP contribution is -2.13. The second-order valence-electron chi connectivity index (χ2n) is 5.83. The molecule has 1 aromatic heterocycles. The predicted molar refractivity (Wildman–Crippen MR) is 94.5 cm³/mol. The van der Waals surface area contributed by atoms with Crippen LogP contribution < -0.4 is 9.64 Å². The maximum absolute atomic E-state index is 5.70. The number of nitrogens with zero attached hydrogens (tertiary/aromatic N) is 3. The van der Waals surface area contributed by atoms with E-state index in [1.54, 1.807) is 0 Å². The highest BCUT2D eigenvalue weighted by molar-refractivity contribution is 5.91. The van der Waals surface area contributed by atoms with Crippen LogP contribution >= 0.6 is 0 Å². The van der Waals surface area contributed by atoms with Gasteiger partial charge in [-0.1, -0.05) is 12.1 Å². The number of benzene rings is 2. The normalized spacial score (nSPS) is 11.0. The lowest BCUT2D eigenvalue weighted by Gasteiger charge is -2.21. The van der Waals surface area contributed by atoms with E-state index in [0.717, 1.165) is 34.0 Å². The minimum atomic E-state index is 0.173. The van der Waals surface area contributed by atoms with E-state index in [1.807, 2.05) is 70.3 Å². The fourth-order valence-electron chi connectivity index (χ4n) is 2.57. The average molecular weight is 307 g/mol. The van der Waals surface area contributed by atoms with Gasteiger partial charge in [-0.25, -0.2) is 9.97 Å². The molecule has 2 aromatic carbocycles. The van der Waals surface area contributed by atoms with Crippen molar-refractivity contribution in [1.29, 1.82) is 0 Å². The Balaban J connectivity index is 1.98. The maximum atomic E-state index is 5.70. The molecule has 3 aromatic rings. The molecular formula is C19H21N3O. The van der Waals surface area contributed by atoms with E-state index in [9.17, 15) is 0 Å². The number of rotatable bonds is 4. The van der Waals surface area contributed by atoms with Crippen LogP contribution in [-0.4, -0.2) is 23.1 Å². The fraction of sp³-hybridized carbons (Fsp3) is 0.263. The molecule has 3 rings (SSSR count). The molecule has 0 saturated carbocycles. The summed E-state index contributed by atoms with van der Waals surface area (Å²) >= 11 is 0. The summed E-state index contributed by atoms with van der Waals surface area (Å²) in [5, 5.41) is 1.04. The molecule has 0 bridgehead atoms. The van der Waals surface area contributed by atoms with Gasteiger partial charge in [0, 0.05) is 18.1 Å². The predicted octanol–water partition coefficient (Wildman–Crippen LogP) is 4.49. The first kappa shape index (κ1) is 15.3. The number of fused-ring (bicyclic) bond motifs is 1. The van der Waals surface area contributed by atoms with Gasteiger partial charge in [0.25, 0.3) is 0 Å². The minimum absolute atomic E-state index is 0.173. The SMILES string of the molecule is Cc1nc(N(C)c2ccc(OC(C)C)cc2)c2ccccc2n1. The zero-order chi connectivity index (χ0) is 16.4. The smallest absolute Gasteiger partial charge is 0.144 e. The van der Waals surface area contributed by atoms with E-state index in [-0.39, 0.29) is 6.10 Å². The topological polar surface area (TPSA) is 38.2 Å². The van der Waals surface area contributed by atoms with E-state index < -0.39 is 0 Å². The molecular weight excluding hydrogens is 286 g/mol. The Morgan fingerprint density at radius 2 is 1.65 bits per heavy atom. The van der Waals surface area contributed by atoms with E-state index in [1.165, 1.54) is 0 Å². The van der Waals surface area contributed by atoms with Gasteiger partial charge < -0.3 is 9.64 Å². The molecule has 0 aliphatic rings. The van der Waals surface area contributed by atoms with Gasteiger partial charge in [-0.15, -0.1) is 0 Å². The van der Waals surface area contributed by atoms with Gasteiger partial charge in [-0.05, 0) is 57.2 Å². The number of aryl methyl sites for hydroxylation is 1. The second kappa shape index (κ2) is 6.24. The lowest BCUT2D eigenvalue weighted by molar-refractivity contribution is 0.242. The molecule has 0 atom stereocenters. The van der Waals surface area contributed by atoms with E-state index in [4.69, 9.17) is 4.74 Å². The summed E-state index contributed by atoms with van der Waals surface area (Å²) in [5.41, 5.74) is 2.02. The van der Waals surface area contributed by atoms with Crippen LogP contribution in [0.3, 0.4) is 0 Å². The highest BCUT2D eigenvalue weighted by Crippen LogP contribution is 2.29. The quantitative estimate of drug-likeness (QED) is 0.711. The monoisotopic (exact) mass is 307 g/mol. The first-order chi connectivity index (χ1) is 11.0. The van der Waals surface area contributed by atoms with E-state index >= 15 is 0 Å². The summed E-state index contributed by atoms with van der Waals surface area (Å²) in [5.74, 6) is 2.55. The van der Waals surface area contributed by atoms with Crippen molar-refractivity contribution in [3.8, 4) is 5.75 Å². The molecule has 0 unspecified atom stereocenters. The Labute approximate surface area is 136 Å². The van der Waals surface area contributed by atoms with Gasteiger partial charge in [-0.2, -0.15) is 0 Å². The molecule has 0 aliphatic heterocycles. The van der Waals surface area contributed by atoms with Crippen molar-refractivity contribution in [3.05, 3.63) is 54.4 Å². The molecule has 1 heterocycles. The Kier molecular flexibility index (Phi) is 4.15. The fourth-order valence-corrected chi connectivity index (χ4v) is 2.57. The van der Waals surface area contributed by atoms with Crippen LogP contribution in [0.1, 0.15) is 19.7 Å². The number of para-hydroxylation sites is 1. The molecule has 0 fully saturated rings. The molecule has 0 spiro atoms. The lowest BCUT2D eigenvalue weighted by atomic mass is 10.2. The van der Waals surface area contributed by atoms with Gasteiger partial charge in [0.15, 0.2) is 0 Å². The Bertz CT molecular complexity index is 812. The summed E-state index contributed by atoms with van der Waals surface area (Å²) in [4.78, 5) is 11.2. The van der Waals surface area contributed by atoms with Crippen molar-refractivity contribution < 1.29 is 4.74 Å². The summed E-state index contributed by atoms with van der Waals surface area (Å²) in [6.07, 6.45) is 0.173. The Hall–Kier alpha value is -2.62. The molecule has 4 nitrogen and oxygen atoms in total. The molecule has 118 valence electrons. The summed E-state index contributed by atoms with van der Waals surface area (Å²) in [6, 6.07) is 16.1. The van der Waals surface area contributed by atoms with Crippen LogP contribution in [0.2, 0.25) is 0 Å². The van der Waals surface area contributed by atoms with Crippen molar-refractivity contribution in [1.82, 2.24) is 9.97 Å². The van der Waals surface area contributed by atoms with Crippen molar-refractivity contribution in [2.24, 2.45) is 0 Å². The molecule has 0 aliphatic carbocycles. The number of ether oxygens (including phenoxy) is 1. The third-order valence-corrected chi connectivity index (χ3v) is 3.61. The molecule has 0 radical (unpaired) electrons. The van der Waals surface area contributed by atoms with E-state index in [2.05, 4.69) is 20.9 Å². The van der Waals surface area contributed by atoms with Crippen LogP contribution in [-0.2, 0) is 0 Å². The van der Waals surface area contributed by atoms with Crippen molar-refractivity contribution in [2.75, 3.05) is 11.9 Å². The molecule has 4 heteroatoms. The second-order valence-corrected chi connectivity index (χ2v) is 5.83. The molecule has 0 saturated heterocycles. The number of hydrogen-bond donors (Lipinski definition) is 0. The average Bonchev–Trinajstić information content (AvgIpc) is 2.53. The van der Waals surface area contributed by atoms with Crippen molar-refractivity contribution in [2.45, 2.75) is 26.9 Å². The van der Waals surface area contributed by atoms with Gasteiger partial charge >= 0.3 is 0 Å². The third-order valence-electron chi connectivity index (χ3n) is 3.61. The summed E-state index contributed by atoms with van der Waals surface area (Å²) in [6.45, 7) is 5.97. The van der Waals surface area contributed by atoms with Gasteiger partial charge in [0.05, 0.1) is 11.6 Å². The molecule has 0 amide bonds. The van der Waals surface area contributed by atoms with Crippen molar-refractivity contribution >= 4 is 22.4 Å². The highest BCUT2D eigenvalue weighted by atomic mass is 16.5. The van der Waals surface area contributed by atoms with Gasteiger partial charge in [0.1, 0.15) is 17.4 Å². The molecule has 23 heavy (non-hydrogen) atoms. The van der Waals surface area contributed by atoms with Gasteiger partial charge in [-0.3, -0.25) is 0 Å². The van der Waals surface area contributed by atoms with Crippen molar-refractivity contribution in [3.63, 3.8) is 0 Å². The largest absolute Gasteiger partial charge is 0.491 e. The van der Waals surface area contributed by atoms with Crippen LogP contribution in [0.15, 0.2) is 48.5 Å². The third kappa shape index (κ3) is 3.26. The Morgan fingerprint density at radius 3 is 2.35 bits per heavy atom. The zero-order valence-corrected chi connectivity index (χ0v) is 13.9. The number of anilines is 2. The summed E-state index contributed by atoms with van der Waals surface area (Å²) in [7, 11) is 2.02. The van der Waals surface area contributed by atoms with Crippen LogP contribution in [0.25, 0.3) is 10.9 Å². The number of hydrogen-bond acceptors (Lipinski definition) is 4. The first-order valence-corrected chi connectivity index (χ1v) is 7.78. The number of aromatic nitrogens is 2. The zero-order valence-electron chi connectivity index (χ0n) is 13.9. The van der Waals surface area contributed by atoms with Crippen LogP contribution in [0.5, 0.6) is 5.75 Å². The highest BCUT2D eigenvalue weighted by Gasteiger charge is 2.12. The van der Waals surface area contributed by atoms with E-state index in [0.29, 0.717) is 0 Å². The van der Waals surface area contributed by atoms with Crippen LogP contribution in [0, 0.1) is 6.92 Å². The van der Waals surface area contributed by atoms with Crippen LogP contribution in [0.4, 0.5) is 11.5 Å². The maximum Gasteiger partial charge on any atom is 0.144 e. The standard InChI is InChI=1S/C19H21N3O/c1-13(2)23-16-11-9-15(10-12-16)22(4)19-17-7-5-6-8-18(17)20-14(3)21-19/h5-13H,1-4H3.